The van der Waals surface area contributed by atoms with Crippen molar-refractivity contribution in [3.8, 4) is 5.75 Å². The number of aliphatic hydroxyl groups is 1. The van der Waals surface area contributed by atoms with Crippen molar-refractivity contribution in [3.05, 3.63) is 24.3 Å². The molecule has 0 aromatic heterocycles. The second-order valence-electron chi connectivity index (χ2n) is 7.12. The number of methoxy groups -OCH3 is 1. The molecule has 0 saturated heterocycles. The predicted molar refractivity (Wildman–Crippen MR) is 100 cm³/mol. The molecule has 0 aliphatic heterocycles. The molecule has 0 heterocycles. The van der Waals surface area contributed by atoms with E-state index < -0.39 is 20.1 Å². The largest absolute Gasteiger partial charge is 0.497 e. The van der Waals surface area contributed by atoms with Gasteiger partial charge in [0.2, 0.25) is 3.67 Å². The molecule has 1 unspecified atom stereocenters. The van der Waals surface area contributed by atoms with E-state index in [9.17, 15) is 9.32 Å². The zero-order valence-electron chi connectivity index (χ0n) is 14.6. The molecule has 4 atom stereocenters. The van der Waals surface area contributed by atoms with Gasteiger partial charge in [-0.1, -0.05) is 50.4 Å². The van der Waals surface area contributed by atoms with Crippen molar-refractivity contribution in [1.82, 2.24) is 0 Å². The lowest BCUT2D eigenvalue weighted by atomic mass is 9.67. The van der Waals surface area contributed by atoms with Crippen molar-refractivity contribution >= 4 is 34.0 Å². The number of benzene rings is 1. The summed E-state index contributed by atoms with van der Waals surface area (Å²) >= 11 is 13.2. The lowest BCUT2D eigenvalue weighted by Gasteiger charge is -2.49. The zero-order valence-corrected chi connectivity index (χ0v) is 16.9. The third kappa shape index (κ3) is 3.62. The highest BCUT2D eigenvalue weighted by molar-refractivity contribution is 7.89. The van der Waals surface area contributed by atoms with E-state index in [2.05, 4.69) is 6.92 Å². The molecular weight excluding hydrogens is 367 g/mol. The lowest BCUT2D eigenvalue weighted by molar-refractivity contribution is -0.0763. The Bertz CT molecular complexity index is 588. The Hall–Kier alpha value is -0.290. The Morgan fingerprint density at radius 2 is 1.88 bits per heavy atom. The van der Waals surface area contributed by atoms with Crippen LogP contribution in [0.5, 0.6) is 5.75 Å². The van der Waals surface area contributed by atoms with Gasteiger partial charge in [-0.15, -0.1) is 0 Å². The van der Waals surface area contributed by atoms with Gasteiger partial charge in [0.25, 0.3) is 0 Å². The van der Waals surface area contributed by atoms with Crippen LogP contribution in [0.1, 0.15) is 40.0 Å². The molecule has 6 heteroatoms. The highest BCUT2D eigenvalue weighted by Gasteiger charge is 2.59. The molecule has 24 heavy (non-hydrogen) atoms. The number of halogens is 2. The van der Waals surface area contributed by atoms with Crippen LogP contribution < -0.4 is 4.74 Å². The van der Waals surface area contributed by atoms with Crippen LogP contribution in [0.3, 0.4) is 0 Å². The molecule has 2 rings (SSSR count). The van der Waals surface area contributed by atoms with Crippen LogP contribution in [-0.4, -0.2) is 25.7 Å². The average Bonchev–Trinajstić information content (AvgIpc) is 2.53. The van der Waals surface area contributed by atoms with Gasteiger partial charge in [0.1, 0.15) is 11.4 Å². The fourth-order valence-electron chi connectivity index (χ4n) is 3.71. The van der Waals surface area contributed by atoms with E-state index in [1.807, 2.05) is 13.8 Å². The van der Waals surface area contributed by atoms with Gasteiger partial charge in [0, 0.05) is 4.90 Å². The minimum absolute atomic E-state index is 0.0918. The molecular formula is C18H26Cl2O3S. The fourth-order valence-corrected chi connectivity index (χ4v) is 5.92. The Balaban J connectivity index is 2.38. The lowest BCUT2D eigenvalue weighted by Crippen LogP contribution is -2.58. The van der Waals surface area contributed by atoms with Gasteiger partial charge in [-0.25, -0.2) is 0 Å². The molecule has 3 nitrogen and oxygen atoms in total. The highest BCUT2D eigenvalue weighted by atomic mass is 35.5. The monoisotopic (exact) mass is 392 g/mol. The van der Waals surface area contributed by atoms with E-state index in [4.69, 9.17) is 27.9 Å². The second kappa shape index (κ2) is 7.53. The van der Waals surface area contributed by atoms with Gasteiger partial charge in [0.05, 0.1) is 17.9 Å². The van der Waals surface area contributed by atoms with E-state index in [1.165, 1.54) is 0 Å². The number of ether oxygens (including phenoxy) is 1. The fraction of sp³-hybridized carbons (Fsp3) is 0.667. The van der Waals surface area contributed by atoms with Crippen LogP contribution in [0, 0.1) is 17.8 Å². The Morgan fingerprint density at radius 3 is 2.38 bits per heavy atom. The smallest absolute Gasteiger partial charge is 0.224 e. The molecule has 1 aliphatic carbocycles. The molecule has 136 valence electrons. The van der Waals surface area contributed by atoms with Crippen molar-refractivity contribution in [2.75, 3.05) is 7.11 Å². The van der Waals surface area contributed by atoms with Crippen molar-refractivity contribution < 1.29 is 14.1 Å². The maximum absolute atomic E-state index is 13.1. The van der Waals surface area contributed by atoms with Crippen LogP contribution in [0.4, 0.5) is 0 Å². The first-order valence-electron chi connectivity index (χ1n) is 8.29. The third-order valence-electron chi connectivity index (χ3n) is 5.06. The first-order valence-corrected chi connectivity index (χ1v) is 10.2. The van der Waals surface area contributed by atoms with Crippen LogP contribution in [0.15, 0.2) is 29.2 Å². The molecule has 1 fully saturated rings. The zero-order chi connectivity index (χ0) is 18.1. The Labute approximate surface area is 157 Å². The number of alkyl halides is 2. The molecule has 0 amide bonds. The third-order valence-corrected chi connectivity index (χ3v) is 8.07. The second-order valence-corrected chi connectivity index (χ2v) is 10.5. The molecule has 1 aromatic carbocycles. The number of rotatable bonds is 5. The van der Waals surface area contributed by atoms with Crippen LogP contribution in [0.25, 0.3) is 0 Å². The van der Waals surface area contributed by atoms with Crippen LogP contribution >= 0.6 is 23.2 Å². The average molecular weight is 393 g/mol. The van der Waals surface area contributed by atoms with Gasteiger partial charge < -0.3 is 9.84 Å². The molecule has 0 spiro atoms. The molecule has 1 saturated carbocycles. The van der Waals surface area contributed by atoms with Crippen LogP contribution in [-0.2, 0) is 10.8 Å². The number of hydrogen-bond donors (Lipinski definition) is 1. The maximum Gasteiger partial charge on any atom is 0.224 e. The van der Waals surface area contributed by atoms with E-state index in [1.54, 1.807) is 31.4 Å². The summed E-state index contributed by atoms with van der Waals surface area (Å²) in [4.78, 5) is 0.481. The van der Waals surface area contributed by atoms with Gasteiger partial charge in [-0.05, 0) is 54.9 Å². The standard InChI is InChI=1S/C18H26Cl2O3S/c1-12(2)16-10-5-13(3)11-17(16,21)18(19,20)24(22)15-8-6-14(23-4)7-9-15/h6-9,12-13,16,21H,5,10-11H2,1-4H3/t13-,16+,17+,24?/m1/s1. The summed E-state index contributed by atoms with van der Waals surface area (Å²) < 4.78 is 16.4. The van der Waals surface area contributed by atoms with Gasteiger partial charge >= 0.3 is 0 Å². The van der Waals surface area contributed by atoms with Crippen molar-refractivity contribution in [2.45, 2.75) is 54.2 Å². The SMILES string of the molecule is COc1ccc(S(=O)C(Cl)(Cl)[C@]2(O)C[C@H](C)CC[C@H]2C(C)C)cc1. The number of hydrogen-bond acceptors (Lipinski definition) is 3. The molecule has 1 aliphatic rings. The first kappa shape index (κ1) is 20.0. The Kier molecular flexibility index (Phi) is 6.28. The molecule has 1 N–H and O–H groups in total. The quantitative estimate of drug-likeness (QED) is 0.734. The molecule has 1 aromatic rings. The summed E-state index contributed by atoms with van der Waals surface area (Å²) in [6, 6.07) is 6.78. The Morgan fingerprint density at radius 1 is 1.29 bits per heavy atom. The predicted octanol–water partition coefficient (Wildman–Crippen LogP) is 4.76. The summed E-state index contributed by atoms with van der Waals surface area (Å²) in [5.41, 5.74) is -1.40. The highest BCUT2D eigenvalue weighted by Crippen LogP contribution is 2.53. The van der Waals surface area contributed by atoms with E-state index in [0.717, 1.165) is 12.8 Å². The summed E-state index contributed by atoms with van der Waals surface area (Å²) in [5, 5.41) is 11.5. The van der Waals surface area contributed by atoms with Crippen molar-refractivity contribution in [1.29, 1.82) is 0 Å². The van der Waals surface area contributed by atoms with E-state index in [0.29, 0.717) is 17.1 Å². The topological polar surface area (TPSA) is 46.5 Å². The maximum atomic E-state index is 13.1. The van der Waals surface area contributed by atoms with Crippen molar-refractivity contribution in [2.24, 2.45) is 17.8 Å². The van der Waals surface area contributed by atoms with Gasteiger partial charge in [-0.2, -0.15) is 0 Å². The van der Waals surface area contributed by atoms with E-state index in [-0.39, 0.29) is 17.8 Å². The van der Waals surface area contributed by atoms with Gasteiger partial charge in [0.15, 0.2) is 0 Å². The normalized spacial score (nSPS) is 29.5. The summed E-state index contributed by atoms with van der Waals surface area (Å²) in [6.45, 7) is 6.17. The molecule has 0 radical (unpaired) electrons. The minimum Gasteiger partial charge on any atom is -0.497 e. The van der Waals surface area contributed by atoms with Crippen LogP contribution in [0.2, 0.25) is 0 Å². The van der Waals surface area contributed by atoms with E-state index >= 15 is 0 Å². The van der Waals surface area contributed by atoms with Gasteiger partial charge in [-0.3, -0.25) is 4.21 Å². The summed E-state index contributed by atoms with van der Waals surface area (Å²) in [5.74, 6) is 1.06. The summed E-state index contributed by atoms with van der Waals surface area (Å²) in [7, 11) is -0.200. The first-order chi connectivity index (χ1) is 11.1. The summed E-state index contributed by atoms with van der Waals surface area (Å²) in [6.07, 6.45) is 2.30. The minimum atomic E-state index is -1.77. The van der Waals surface area contributed by atoms with Crippen molar-refractivity contribution in [3.63, 3.8) is 0 Å². The molecule has 0 bridgehead atoms.